The molecule has 0 heterocycles. The fourth-order valence-electron chi connectivity index (χ4n) is 2.25. The van der Waals surface area contributed by atoms with Crippen LogP contribution in [-0.2, 0) is 4.79 Å². The van der Waals surface area contributed by atoms with Gasteiger partial charge in [0.25, 0.3) is 0 Å². The van der Waals surface area contributed by atoms with Gasteiger partial charge in [0.15, 0.2) is 0 Å². The zero-order valence-corrected chi connectivity index (χ0v) is 10.6. The lowest BCUT2D eigenvalue weighted by atomic mass is 9.75. The quantitative estimate of drug-likeness (QED) is 0.861. The molecule has 0 unspecified atom stereocenters. The number of rotatable bonds is 4. The van der Waals surface area contributed by atoms with E-state index in [2.05, 4.69) is 5.32 Å². The molecule has 1 saturated carbocycles. The Morgan fingerprint density at radius 2 is 2.06 bits per heavy atom. The Bertz CT molecular complexity index is 426. The molecule has 1 amide bonds. The molecular formula is C14H19FN2O. The number of nitrogens with one attached hydrogen (secondary N) is 1. The predicted molar refractivity (Wildman–Crippen MR) is 68.3 cm³/mol. The van der Waals surface area contributed by atoms with Gasteiger partial charge < -0.3 is 11.1 Å². The molecule has 0 aromatic heterocycles. The van der Waals surface area contributed by atoms with E-state index in [0.717, 1.165) is 24.8 Å². The van der Waals surface area contributed by atoms with Gasteiger partial charge >= 0.3 is 0 Å². The van der Waals surface area contributed by atoms with Crippen molar-refractivity contribution >= 4 is 5.91 Å². The highest BCUT2D eigenvalue weighted by molar-refractivity contribution is 5.77. The van der Waals surface area contributed by atoms with Gasteiger partial charge in [-0.25, -0.2) is 4.39 Å². The summed E-state index contributed by atoms with van der Waals surface area (Å²) in [6, 6.07) is 6.04. The Balaban J connectivity index is 1.88. The molecule has 3 nitrogen and oxygen atoms in total. The smallest absolute Gasteiger partial charge is 0.222 e. The summed E-state index contributed by atoms with van der Waals surface area (Å²) in [5.41, 5.74) is 6.62. The lowest BCUT2D eigenvalue weighted by molar-refractivity contribution is -0.123. The summed E-state index contributed by atoms with van der Waals surface area (Å²) < 4.78 is 12.8. The number of carbonyl (C=O) groups excluding carboxylic acids is 1. The van der Waals surface area contributed by atoms with Gasteiger partial charge in [-0.2, -0.15) is 0 Å². The molecule has 98 valence electrons. The van der Waals surface area contributed by atoms with Gasteiger partial charge in [-0.3, -0.25) is 4.79 Å². The van der Waals surface area contributed by atoms with Crippen molar-refractivity contribution in [2.45, 2.75) is 44.2 Å². The summed E-state index contributed by atoms with van der Waals surface area (Å²) in [6.07, 6.45) is 3.33. The second-order valence-electron chi connectivity index (χ2n) is 5.23. The van der Waals surface area contributed by atoms with Gasteiger partial charge in [0.1, 0.15) is 5.82 Å². The lowest BCUT2D eigenvalue weighted by Crippen LogP contribution is -2.50. The highest BCUT2D eigenvalue weighted by Gasteiger charge is 2.34. The SMILES string of the molecule is C[C@@H](NC(=O)CC1(N)CCC1)c1ccc(F)cc1. The second-order valence-corrected chi connectivity index (χ2v) is 5.23. The molecule has 1 atom stereocenters. The first-order valence-corrected chi connectivity index (χ1v) is 6.32. The van der Waals surface area contributed by atoms with Crippen molar-refractivity contribution in [3.05, 3.63) is 35.6 Å². The van der Waals surface area contributed by atoms with Gasteiger partial charge in [-0.1, -0.05) is 12.1 Å². The zero-order valence-electron chi connectivity index (χ0n) is 10.6. The van der Waals surface area contributed by atoms with Gasteiger partial charge in [0.2, 0.25) is 5.91 Å². The first-order valence-electron chi connectivity index (χ1n) is 6.32. The minimum Gasteiger partial charge on any atom is -0.350 e. The van der Waals surface area contributed by atoms with E-state index in [-0.39, 0.29) is 23.3 Å². The first kappa shape index (κ1) is 13.0. The molecule has 0 aliphatic heterocycles. The molecule has 1 aromatic rings. The van der Waals surface area contributed by atoms with Crippen LogP contribution in [0, 0.1) is 5.82 Å². The summed E-state index contributed by atoms with van der Waals surface area (Å²) in [7, 11) is 0. The third-order valence-electron chi connectivity index (χ3n) is 3.61. The molecule has 18 heavy (non-hydrogen) atoms. The summed E-state index contributed by atoms with van der Waals surface area (Å²) >= 11 is 0. The van der Waals surface area contributed by atoms with E-state index in [1.807, 2.05) is 6.92 Å². The highest BCUT2D eigenvalue weighted by atomic mass is 19.1. The normalized spacial score (nSPS) is 18.8. The second kappa shape index (κ2) is 5.06. The highest BCUT2D eigenvalue weighted by Crippen LogP contribution is 2.32. The van der Waals surface area contributed by atoms with Crippen LogP contribution in [0.4, 0.5) is 4.39 Å². The number of carbonyl (C=O) groups is 1. The fourth-order valence-corrected chi connectivity index (χ4v) is 2.25. The summed E-state index contributed by atoms with van der Waals surface area (Å²) in [6.45, 7) is 1.88. The Hall–Kier alpha value is -1.42. The Labute approximate surface area is 107 Å². The van der Waals surface area contributed by atoms with E-state index in [9.17, 15) is 9.18 Å². The topological polar surface area (TPSA) is 55.1 Å². The van der Waals surface area contributed by atoms with Gasteiger partial charge in [-0.05, 0) is 43.9 Å². The molecule has 0 saturated heterocycles. The van der Waals surface area contributed by atoms with Crippen molar-refractivity contribution in [3.8, 4) is 0 Å². The van der Waals surface area contributed by atoms with Crippen LogP contribution in [0.25, 0.3) is 0 Å². The molecular weight excluding hydrogens is 231 g/mol. The number of halogens is 1. The van der Waals surface area contributed by atoms with Crippen LogP contribution in [0.3, 0.4) is 0 Å². The number of amides is 1. The molecule has 1 aliphatic carbocycles. The van der Waals surface area contributed by atoms with Crippen molar-refractivity contribution in [1.82, 2.24) is 5.32 Å². The minimum atomic E-state index is -0.299. The van der Waals surface area contributed by atoms with Crippen LogP contribution >= 0.6 is 0 Å². The van der Waals surface area contributed by atoms with Gasteiger partial charge in [0.05, 0.1) is 6.04 Å². The number of hydrogen-bond donors (Lipinski definition) is 2. The maximum atomic E-state index is 12.8. The first-order chi connectivity index (χ1) is 8.48. The maximum absolute atomic E-state index is 12.8. The van der Waals surface area contributed by atoms with E-state index in [4.69, 9.17) is 5.73 Å². The van der Waals surface area contributed by atoms with Crippen LogP contribution in [0.15, 0.2) is 24.3 Å². The van der Waals surface area contributed by atoms with Crippen LogP contribution < -0.4 is 11.1 Å². The average molecular weight is 250 g/mol. The van der Waals surface area contributed by atoms with E-state index < -0.39 is 0 Å². The van der Waals surface area contributed by atoms with E-state index in [0.29, 0.717) is 6.42 Å². The predicted octanol–water partition coefficient (Wildman–Crippen LogP) is 2.27. The van der Waals surface area contributed by atoms with Crippen molar-refractivity contribution in [3.63, 3.8) is 0 Å². The molecule has 0 radical (unpaired) electrons. The van der Waals surface area contributed by atoms with E-state index >= 15 is 0 Å². The third kappa shape index (κ3) is 3.07. The van der Waals surface area contributed by atoms with Gasteiger partial charge in [0, 0.05) is 12.0 Å². The number of nitrogens with two attached hydrogens (primary N) is 1. The summed E-state index contributed by atoms with van der Waals surface area (Å²) in [5, 5.41) is 2.90. The largest absolute Gasteiger partial charge is 0.350 e. The molecule has 2 rings (SSSR count). The lowest BCUT2D eigenvalue weighted by Gasteiger charge is -2.37. The maximum Gasteiger partial charge on any atom is 0.222 e. The van der Waals surface area contributed by atoms with Crippen LogP contribution in [0.5, 0.6) is 0 Å². The van der Waals surface area contributed by atoms with Crippen LogP contribution in [0.2, 0.25) is 0 Å². The number of benzene rings is 1. The Morgan fingerprint density at radius 1 is 1.44 bits per heavy atom. The van der Waals surface area contributed by atoms with Crippen molar-refractivity contribution in [2.75, 3.05) is 0 Å². The van der Waals surface area contributed by atoms with Gasteiger partial charge in [-0.15, -0.1) is 0 Å². The van der Waals surface area contributed by atoms with Crippen LogP contribution in [-0.4, -0.2) is 11.4 Å². The standard InChI is InChI=1S/C14H19FN2O/c1-10(11-3-5-12(15)6-4-11)17-13(18)9-14(16)7-2-8-14/h3-6,10H,2,7-9,16H2,1H3,(H,17,18)/t10-/m1/s1. The van der Waals surface area contributed by atoms with Crippen molar-refractivity contribution in [2.24, 2.45) is 5.73 Å². The molecule has 4 heteroatoms. The molecule has 0 bridgehead atoms. The molecule has 1 fully saturated rings. The molecule has 3 N–H and O–H groups in total. The Morgan fingerprint density at radius 3 is 2.56 bits per heavy atom. The molecule has 1 aliphatic rings. The molecule has 1 aromatic carbocycles. The van der Waals surface area contributed by atoms with Crippen LogP contribution in [0.1, 0.15) is 44.2 Å². The fraction of sp³-hybridized carbons (Fsp3) is 0.500. The van der Waals surface area contributed by atoms with E-state index in [1.54, 1.807) is 12.1 Å². The zero-order chi connectivity index (χ0) is 13.2. The monoisotopic (exact) mass is 250 g/mol. The number of hydrogen-bond acceptors (Lipinski definition) is 2. The minimum absolute atomic E-state index is 0.0333. The Kier molecular flexibility index (Phi) is 3.66. The average Bonchev–Trinajstić information content (AvgIpc) is 2.27. The van der Waals surface area contributed by atoms with Crippen molar-refractivity contribution in [1.29, 1.82) is 0 Å². The van der Waals surface area contributed by atoms with Crippen molar-refractivity contribution < 1.29 is 9.18 Å². The summed E-state index contributed by atoms with van der Waals surface area (Å²) in [5.74, 6) is -0.304. The van der Waals surface area contributed by atoms with E-state index in [1.165, 1.54) is 12.1 Å². The molecule has 0 spiro atoms. The third-order valence-corrected chi connectivity index (χ3v) is 3.61. The summed E-state index contributed by atoms with van der Waals surface area (Å²) in [4.78, 5) is 11.8.